The monoisotopic (exact) mass is 209 g/mol. The maximum Gasteiger partial charge on any atom is 0.136 e. The van der Waals surface area contributed by atoms with E-state index in [1.807, 2.05) is 0 Å². The second-order valence-electron chi connectivity index (χ2n) is 5.23. The molecule has 2 saturated heterocycles. The van der Waals surface area contributed by atoms with Gasteiger partial charge in [-0.15, -0.1) is 0 Å². The molecule has 2 nitrogen and oxygen atoms in total. The summed E-state index contributed by atoms with van der Waals surface area (Å²) in [5, 5.41) is 3.59. The fraction of sp³-hybridized carbons (Fsp3) is 0.923. The third kappa shape index (κ3) is 2.81. The number of rotatable bonds is 5. The molecule has 0 aromatic rings. The summed E-state index contributed by atoms with van der Waals surface area (Å²) in [6.45, 7) is 2.19. The van der Waals surface area contributed by atoms with Gasteiger partial charge in [0.15, 0.2) is 0 Å². The van der Waals surface area contributed by atoms with Crippen LogP contribution < -0.4 is 5.32 Å². The largest absolute Gasteiger partial charge is 0.311 e. The van der Waals surface area contributed by atoms with Crippen LogP contribution in [0.1, 0.15) is 58.3 Å². The predicted molar refractivity (Wildman–Crippen MR) is 61.8 cm³/mol. The smallest absolute Gasteiger partial charge is 0.136 e. The zero-order chi connectivity index (χ0) is 10.7. The molecule has 15 heavy (non-hydrogen) atoms. The fourth-order valence-corrected chi connectivity index (χ4v) is 3.07. The molecule has 1 N–H and O–H groups in total. The summed E-state index contributed by atoms with van der Waals surface area (Å²) < 4.78 is 0. The Kier molecular flexibility index (Phi) is 3.79. The van der Waals surface area contributed by atoms with E-state index in [-0.39, 0.29) is 0 Å². The molecule has 0 aromatic carbocycles. The molecule has 2 heteroatoms. The van der Waals surface area contributed by atoms with Gasteiger partial charge in [-0.2, -0.15) is 0 Å². The van der Waals surface area contributed by atoms with E-state index in [4.69, 9.17) is 0 Å². The normalized spacial score (nSPS) is 34.3. The van der Waals surface area contributed by atoms with E-state index < -0.39 is 0 Å². The summed E-state index contributed by atoms with van der Waals surface area (Å²) in [5.74, 6) is 0.933. The Morgan fingerprint density at radius 2 is 1.87 bits per heavy atom. The first-order valence-electron chi connectivity index (χ1n) is 6.58. The minimum atomic E-state index is 0.389. The van der Waals surface area contributed by atoms with Crippen LogP contribution in [0, 0.1) is 5.92 Å². The van der Waals surface area contributed by atoms with Gasteiger partial charge in [0.05, 0.1) is 0 Å². The number of carbonyl (C=O) groups is 1. The first-order valence-corrected chi connectivity index (χ1v) is 6.58. The summed E-state index contributed by atoms with van der Waals surface area (Å²) in [5.41, 5.74) is 0. The highest BCUT2D eigenvalue weighted by Gasteiger charge is 2.35. The second-order valence-corrected chi connectivity index (χ2v) is 5.23. The molecule has 2 aliphatic heterocycles. The highest BCUT2D eigenvalue weighted by molar-refractivity contribution is 5.81. The van der Waals surface area contributed by atoms with Gasteiger partial charge >= 0.3 is 0 Å². The summed E-state index contributed by atoms with van der Waals surface area (Å²) >= 11 is 0. The van der Waals surface area contributed by atoms with Crippen molar-refractivity contribution in [3.8, 4) is 0 Å². The average molecular weight is 209 g/mol. The van der Waals surface area contributed by atoms with E-state index in [1.165, 1.54) is 25.7 Å². The van der Waals surface area contributed by atoms with Crippen molar-refractivity contribution in [2.24, 2.45) is 5.92 Å². The Hall–Kier alpha value is -0.370. The molecule has 0 aliphatic carbocycles. The average Bonchev–Trinajstić information content (AvgIpc) is 2.58. The molecule has 2 heterocycles. The van der Waals surface area contributed by atoms with Gasteiger partial charge < -0.3 is 5.32 Å². The maximum atomic E-state index is 12.0. The van der Waals surface area contributed by atoms with Gasteiger partial charge in [0, 0.05) is 24.4 Å². The van der Waals surface area contributed by atoms with Crippen LogP contribution >= 0.6 is 0 Å². The molecule has 2 unspecified atom stereocenters. The van der Waals surface area contributed by atoms with Gasteiger partial charge in [-0.05, 0) is 32.1 Å². The zero-order valence-corrected chi connectivity index (χ0v) is 9.80. The molecule has 0 saturated carbocycles. The number of hydrogen-bond donors (Lipinski definition) is 1. The molecule has 0 radical (unpaired) electrons. The van der Waals surface area contributed by atoms with Crippen molar-refractivity contribution in [2.75, 3.05) is 0 Å². The summed E-state index contributed by atoms with van der Waals surface area (Å²) in [4.78, 5) is 12.0. The molecule has 86 valence electrons. The van der Waals surface area contributed by atoms with E-state index in [0.717, 1.165) is 25.7 Å². The van der Waals surface area contributed by atoms with E-state index >= 15 is 0 Å². The third-order valence-corrected chi connectivity index (χ3v) is 3.96. The van der Waals surface area contributed by atoms with Gasteiger partial charge in [0.2, 0.25) is 0 Å². The number of fused-ring (bicyclic) bond motifs is 2. The summed E-state index contributed by atoms with van der Waals surface area (Å²) in [6.07, 6.45) is 9.18. The van der Waals surface area contributed by atoms with Crippen molar-refractivity contribution in [1.29, 1.82) is 0 Å². The SMILES string of the molecule is CCCCCC(=O)C1CC2CCC(C1)N2. The van der Waals surface area contributed by atoms with Crippen molar-refractivity contribution in [3.05, 3.63) is 0 Å². The maximum absolute atomic E-state index is 12.0. The van der Waals surface area contributed by atoms with Crippen LogP contribution in [0.5, 0.6) is 0 Å². The molecule has 2 bridgehead atoms. The van der Waals surface area contributed by atoms with Crippen LogP contribution in [-0.2, 0) is 4.79 Å². The zero-order valence-electron chi connectivity index (χ0n) is 9.80. The van der Waals surface area contributed by atoms with Crippen molar-refractivity contribution in [1.82, 2.24) is 5.32 Å². The number of carbonyl (C=O) groups excluding carboxylic acids is 1. The predicted octanol–water partition coefficient (Wildman–Crippen LogP) is 2.67. The molecule has 2 fully saturated rings. The lowest BCUT2D eigenvalue weighted by Gasteiger charge is -2.28. The molecule has 0 amide bonds. The highest BCUT2D eigenvalue weighted by atomic mass is 16.1. The fourth-order valence-electron chi connectivity index (χ4n) is 3.07. The van der Waals surface area contributed by atoms with Gasteiger partial charge in [-0.25, -0.2) is 0 Å². The molecule has 2 atom stereocenters. The van der Waals surface area contributed by atoms with Gasteiger partial charge in [0.1, 0.15) is 5.78 Å². The van der Waals surface area contributed by atoms with Crippen LogP contribution in [0.2, 0.25) is 0 Å². The first-order chi connectivity index (χ1) is 7.29. The van der Waals surface area contributed by atoms with E-state index in [2.05, 4.69) is 12.2 Å². The molecule has 2 aliphatic rings. The van der Waals surface area contributed by atoms with Crippen molar-refractivity contribution in [2.45, 2.75) is 70.4 Å². The van der Waals surface area contributed by atoms with Crippen molar-refractivity contribution >= 4 is 5.78 Å². The number of Topliss-reactive ketones (excluding diaryl/α,β-unsaturated/α-hetero) is 1. The highest BCUT2D eigenvalue weighted by Crippen LogP contribution is 2.32. The minimum absolute atomic E-state index is 0.389. The minimum Gasteiger partial charge on any atom is -0.311 e. The third-order valence-electron chi connectivity index (χ3n) is 3.96. The molecule has 0 spiro atoms. The standard InChI is InChI=1S/C13H23NO/c1-2-3-4-5-13(15)10-8-11-6-7-12(9-10)14-11/h10-12,14H,2-9H2,1H3. The van der Waals surface area contributed by atoms with E-state index in [0.29, 0.717) is 23.8 Å². The molecular weight excluding hydrogens is 186 g/mol. The Morgan fingerprint density at radius 1 is 1.20 bits per heavy atom. The van der Waals surface area contributed by atoms with E-state index in [9.17, 15) is 4.79 Å². The van der Waals surface area contributed by atoms with E-state index in [1.54, 1.807) is 0 Å². The number of piperidine rings is 1. The lowest BCUT2D eigenvalue weighted by Crippen LogP contribution is -2.40. The topological polar surface area (TPSA) is 29.1 Å². The van der Waals surface area contributed by atoms with Crippen LogP contribution in [0.15, 0.2) is 0 Å². The van der Waals surface area contributed by atoms with Crippen LogP contribution in [0.4, 0.5) is 0 Å². The number of nitrogens with one attached hydrogen (secondary N) is 1. The lowest BCUT2D eigenvalue weighted by atomic mass is 9.87. The van der Waals surface area contributed by atoms with Gasteiger partial charge in [0.25, 0.3) is 0 Å². The van der Waals surface area contributed by atoms with Gasteiger partial charge in [-0.3, -0.25) is 4.79 Å². The first kappa shape index (κ1) is 11.1. The molecule has 2 rings (SSSR count). The second kappa shape index (κ2) is 5.11. The molecular formula is C13H23NO. The van der Waals surface area contributed by atoms with Crippen LogP contribution in [0.3, 0.4) is 0 Å². The quantitative estimate of drug-likeness (QED) is 0.705. The molecule has 0 aromatic heterocycles. The Bertz CT molecular complexity index is 215. The number of unbranched alkanes of at least 4 members (excludes halogenated alkanes) is 2. The van der Waals surface area contributed by atoms with Crippen LogP contribution in [0.25, 0.3) is 0 Å². The Balaban J connectivity index is 1.76. The summed E-state index contributed by atoms with van der Waals surface area (Å²) in [7, 11) is 0. The number of ketones is 1. The Morgan fingerprint density at radius 3 is 2.47 bits per heavy atom. The van der Waals surface area contributed by atoms with Gasteiger partial charge in [-0.1, -0.05) is 19.8 Å². The number of hydrogen-bond acceptors (Lipinski definition) is 2. The van der Waals surface area contributed by atoms with Crippen LogP contribution in [-0.4, -0.2) is 17.9 Å². The van der Waals surface area contributed by atoms with Crippen molar-refractivity contribution in [3.63, 3.8) is 0 Å². The Labute approximate surface area is 92.8 Å². The lowest BCUT2D eigenvalue weighted by molar-refractivity contribution is -0.124. The van der Waals surface area contributed by atoms with Crippen molar-refractivity contribution < 1.29 is 4.79 Å². The summed E-state index contributed by atoms with van der Waals surface area (Å²) in [6, 6.07) is 1.31.